The van der Waals surface area contributed by atoms with Crippen LogP contribution >= 0.6 is 24.8 Å². The number of halogens is 3. The van der Waals surface area contributed by atoms with Crippen molar-refractivity contribution in [3.63, 3.8) is 0 Å². The molecule has 1 saturated heterocycles. The van der Waals surface area contributed by atoms with Crippen LogP contribution in [0, 0.1) is 5.82 Å². The van der Waals surface area contributed by atoms with Crippen molar-refractivity contribution < 1.29 is 4.39 Å². The highest BCUT2D eigenvalue weighted by atomic mass is 35.5. The van der Waals surface area contributed by atoms with Gasteiger partial charge in [0.2, 0.25) is 0 Å². The predicted octanol–water partition coefficient (Wildman–Crippen LogP) is 2.93. The average Bonchev–Trinajstić information content (AvgIpc) is 3.09. The molecule has 3 heterocycles. The second kappa shape index (κ2) is 8.93. The Labute approximate surface area is 163 Å². The lowest BCUT2D eigenvalue weighted by Gasteiger charge is -2.28. The van der Waals surface area contributed by atoms with E-state index in [1.54, 1.807) is 18.3 Å². The first-order valence-electron chi connectivity index (χ1n) is 7.89. The molecule has 4 rings (SSSR count). The second-order valence-corrected chi connectivity index (χ2v) is 5.63. The smallest absolute Gasteiger partial charge is 0.134 e. The Morgan fingerprint density at radius 2 is 1.73 bits per heavy atom. The molecular formula is C17H19Cl2FN6. The second-order valence-electron chi connectivity index (χ2n) is 5.63. The topological polar surface area (TPSA) is 69.7 Å². The third-order valence-electron chi connectivity index (χ3n) is 4.14. The maximum atomic E-state index is 13.3. The van der Waals surface area contributed by atoms with Crippen LogP contribution in [0.4, 0.5) is 10.2 Å². The number of hydrogen-bond donors (Lipinski definition) is 2. The molecule has 0 radical (unpaired) electrons. The minimum atomic E-state index is -0.264. The zero-order valence-corrected chi connectivity index (χ0v) is 15.5. The molecule has 2 N–H and O–H groups in total. The van der Waals surface area contributed by atoms with Crippen LogP contribution < -0.4 is 10.2 Å². The van der Waals surface area contributed by atoms with E-state index in [0.717, 1.165) is 54.5 Å². The van der Waals surface area contributed by atoms with Crippen LogP contribution in [0.3, 0.4) is 0 Å². The third kappa shape index (κ3) is 3.95. The zero-order valence-electron chi connectivity index (χ0n) is 13.9. The van der Waals surface area contributed by atoms with E-state index in [-0.39, 0.29) is 30.6 Å². The van der Waals surface area contributed by atoms with Gasteiger partial charge in [-0.2, -0.15) is 5.10 Å². The van der Waals surface area contributed by atoms with E-state index in [1.807, 2.05) is 6.07 Å². The number of benzene rings is 1. The van der Waals surface area contributed by atoms with E-state index in [0.29, 0.717) is 0 Å². The van der Waals surface area contributed by atoms with Crippen LogP contribution in [0.5, 0.6) is 0 Å². The van der Waals surface area contributed by atoms with Crippen molar-refractivity contribution >= 4 is 30.6 Å². The van der Waals surface area contributed by atoms with Gasteiger partial charge < -0.3 is 10.2 Å². The van der Waals surface area contributed by atoms with Crippen LogP contribution in [0.2, 0.25) is 0 Å². The average molecular weight is 397 g/mol. The van der Waals surface area contributed by atoms with Gasteiger partial charge >= 0.3 is 0 Å². The molecule has 9 heteroatoms. The Morgan fingerprint density at radius 1 is 1.00 bits per heavy atom. The summed E-state index contributed by atoms with van der Waals surface area (Å²) in [6, 6.07) is 8.22. The number of hydrogen-bond acceptors (Lipinski definition) is 5. The predicted molar refractivity (Wildman–Crippen MR) is 105 cm³/mol. The van der Waals surface area contributed by atoms with Crippen LogP contribution in [-0.4, -0.2) is 46.3 Å². The van der Waals surface area contributed by atoms with Gasteiger partial charge in [0.1, 0.15) is 23.7 Å². The summed E-state index contributed by atoms with van der Waals surface area (Å²) in [5.41, 5.74) is 3.34. The van der Waals surface area contributed by atoms with Gasteiger partial charge in [-0.3, -0.25) is 5.10 Å². The van der Waals surface area contributed by atoms with Crippen molar-refractivity contribution in [3.8, 4) is 22.5 Å². The molecule has 0 spiro atoms. The maximum Gasteiger partial charge on any atom is 0.134 e. The fourth-order valence-corrected chi connectivity index (χ4v) is 2.95. The largest absolute Gasteiger partial charge is 0.354 e. The van der Waals surface area contributed by atoms with Crippen LogP contribution in [0.25, 0.3) is 22.5 Å². The Hall–Kier alpha value is -2.22. The van der Waals surface area contributed by atoms with Gasteiger partial charge in [0.25, 0.3) is 0 Å². The molecule has 6 nitrogen and oxygen atoms in total. The highest BCUT2D eigenvalue weighted by Gasteiger charge is 2.23. The van der Waals surface area contributed by atoms with Crippen molar-refractivity contribution in [2.24, 2.45) is 0 Å². The monoisotopic (exact) mass is 396 g/mol. The standard InChI is InChI=1S/C17H17FN6.2ClH/c18-13-3-1-12(2-4-13)16-15(14-5-6-20-11-21-14)17(23-22-16)24-9-7-19-8-10-24;;/h1-6,11,19H,7-10H2,(H,22,23);2*1H. The summed E-state index contributed by atoms with van der Waals surface area (Å²) in [5, 5.41) is 11.0. The molecular weight excluding hydrogens is 378 g/mol. The summed E-state index contributed by atoms with van der Waals surface area (Å²) in [6.07, 6.45) is 3.24. The summed E-state index contributed by atoms with van der Waals surface area (Å²) in [5.74, 6) is 0.676. The normalized spacial score (nSPS) is 13.7. The quantitative estimate of drug-likeness (QED) is 0.711. The Bertz CT molecular complexity index is 819. The number of rotatable bonds is 3. The van der Waals surface area contributed by atoms with Crippen molar-refractivity contribution in [3.05, 3.63) is 48.7 Å². The molecule has 26 heavy (non-hydrogen) atoms. The first-order valence-corrected chi connectivity index (χ1v) is 7.89. The Balaban J connectivity index is 0.00000121. The lowest BCUT2D eigenvalue weighted by atomic mass is 10.0. The van der Waals surface area contributed by atoms with Gasteiger partial charge in [-0.05, 0) is 30.3 Å². The number of piperazine rings is 1. The molecule has 0 atom stereocenters. The van der Waals surface area contributed by atoms with E-state index < -0.39 is 0 Å². The molecule has 3 aromatic rings. The number of anilines is 1. The molecule has 0 unspecified atom stereocenters. The first-order chi connectivity index (χ1) is 11.8. The van der Waals surface area contributed by atoms with Gasteiger partial charge in [0.05, 0.1) is 11.3 Å². The molecule has 1 fully saturated rings. The lowest BCUT2D eigenvalue weighted by molar-refractivity contribution is 0.585. The van der Waals surface area contributed by atoms with Crippen molar-refractivity contribution in [2.45, 2.75) is 0 Å². The fraction of sp³-hybridized carbons (Fsp3) is 0.235. The summed E-state index contributed by atoms with van der Waals surface area (Å²) < 4.78 is 13.3. The van der Waals surface area contributed by atoms with Crippen LogP contribution in [0.1, 0.15) is 0 Å². The summed E-state index contributed by atoms with van der Waals surface area (Å²) >= 11 is 0. The molecule has 1 aliphatic heterocycles. The number of nitrogens with one attached hydrogen (secondary N) is 2. The molecule has 138 valence electrons. The number of H-pyrrole nitrogens is 1. The molecule has 2 aromatic heterocycles. The number of nitrogens with zero attached hydrogens (tertiary/aromatic N) is 4. The van der Waals surface area contributed by atoms with Gasteiger partial charge in [-0.15, -0.1) is 24.8 Å². The minimum absolute atomic E-state index is 0. The third-order valence-corrected chi connectivity index (χ3v) is 4.14. The molecule has 0 saturated carbocycles. The first kappa shape index (κ1) is 20.1. The summed E-state index contributed by atoms with van der Waals surface area (Å²) in [7, 11) is 0. The maximum absolute atomic E-state index is 13.3. The summed E-state index contributed by atoms with van der Waals surface area (Å²) in [4.78, 5) is 10.6. The molecule has 1 aliphatic rings. The SMILES string of the molecule is Cl.Cl.Fc1ccc(-c2n[nH]c(N3CCNCC3)c2-c2ccncn2)cc1. The minimum Gasteiger partial charge on any atom is -0.354 e. The lowest BCUT2D eigenvalue weighted by Crippen LogP contribution is -2.43. The molecule has 0 amide bonds. The molecule has 0 bridgehead atoms. The highest BCUT2D eigenvalue weighted by Crippen LogP contribution is 2.36. The Morgan fingerprint density at radius 3 is 2.38 bits per heavy atom. The fourth-order valence-electron chi connectivity index (χ4n) is 2.95. The van der Waals surface area contributed by atoms with Crippen molar-refractivity contribution in [2.75, 3.05) is 31.1 Å². The van der Waals surface area contributed by atoms with Gasteiger partial charge in [-0.25, -0.2) is 14.4 Å². The zero-order chi connectivity index (χ0) is 16.4. The number of aromatic amines is 1. The van der Waals surface area contributed by atoms with Gasteiger partial charge in [0.15, 0.2) is 0 Å². The van der Waals surface area contributed by atoms with Crippen LogP contribution in [0.15, 0.2) is 42.9 Å². The summed E-state index contributed by atoms with van der Waals surface area (Å²) in [6.45, 7) is 3.63. The van der Waals surface area contributed by atoms with E-state index in [9.17, 15) is 4.39 Å². The van der Waals surface area contributed by atoms with Crippen molar-refractivity contribution in [1.82, 2.24) is 25.5 Å². The van der Waals surface area contributed by atoms with Gasteiger partial charge in [0, 0.05) is 37.9 Å². The van der Waals surface area contributed by atoms with Crippen molar-refractivity contribution in [1.29, 1.82) is 0 Å². The van der Waals surface area contributed by atoms with E-state index in [1.165, 1.54) is 18.5 Å². The van der Waals surface area contributed by atoms with E-state index in [2.05, 4.69) is 30.4 Å². The van der Waals surface area contributed by atoms with Crippen LogP contribution in [-0.2, 0) is 0 Å². The van der Waals surface area contributed by atoms with E-state index >= 15 is 0 Å². The Kier molecular flexibility index (Phi) is 6.90. The molecule has 1 aromatic carbocycles. The number of aromatic nitrogens is 4. The van der Waals surface area contributed by atoms with E-state index in [4.69, 9.17) is 0 Å². The molecule has 0 aliphatic carbocycles. The van der Waals surface area contributed by atoms with Gasteiger partial charge in [-0.1, -0.05) is 0 Å². The highest BCUT2D eigenvalue weighted by molar-refractivity contribution is 5.87.